The first-order valence-electron chi connectivity index (χ1n) is 6.76. The number of hydrogen-bond donors (Lipinski definition) is 2. The summed E-state index contributed by atoms with van der Waals surface area (Å²) in [6.45, 7) is 2.16. The van der Waals surface area contributed by atoms with Crippen molar-refractivity contribution in [2.45, 2.75) is 32.0 Å². The molecule has 0 radical (unpaired) electrons. The van der Waals surface area contributed by atoms with E-state index in [2.05, 4.69) is 16.5 Å². The molecule has 0 saturated carbocycles. The van der Waals surface area contributed by atoms with Crippen LogP contribution < -0.4 is 11.1 Å². The predicted octanol–water partition coefficient (Wildman–Crippen LogP) is 0.932. The number of carbonyl (C=O) groups is 1. The van der Waals surface area contributed by atoms with Crippen LogP contribution in [0.3, 0.4) is 0 Å². The highest BCUT2D eigenvalue weighted by Gasteiger charge is 2.30. The average molecular weight is 270 g/mol. The number of aryl methyl sites for hydroxylation is 1. The summed E-state index contributed by atoms with van der Waals surface area (Å²) in [6.07, 6.45) is 2.49. The van der Waals surface area contributed by atoms with Crippen LogP contribution in [-0.4, -0.2) is 21.7 Å². The number of hydrogen-bond acceptors (Lipinski definition) is 3. The summed E-state index contributed by atoms with van der Waals surface area (Å²) in [6, 6.07) is 9.80. The number of rotatable bonds is 3. The monoisotopic (exact) mass is 270 g/mol. The molecule has 0 aliphatic heterocycles. The number of benzene rings is 1. The lowest BCUT2D eigenvalue weighted by Crippen LogP contribution is -2.42. The van der Waals surface area contributed by atoms with E-state index in [1.807, 2.05) is 31.2 Å². The van der Waals surface area contributed by atoms with Crippen LogP contribution in [0.25, 0.3) is 0 Å². The zero-order valence-corrected chi connectivity index (χ0v) is 11.4. The van der Waals surface area contributed by atoms with Crippen molar-refractivity contribution in [3.8, 4) is 0 Å². The van der Waals surface area contributed by atoms with Gasteiger partial charge in [-0.25, -0.2) is 0 Å². The van der Waals surface area contributed by atoms with Gasteiger partial charge >= 0.3 is 0 Å². The fourth-order valence-electron chi connectivity index (χ4n) is 2.72. The molecular formula is C15H18N4O. The topological polar surface area (TPSA) is 72.9 Å². The first kappa shape index (κ1) is 12.9. The van der Waals surface area contributed by atoms with Gasteiger partial charge in [0.25, 0.3) is 0 Å². The number of nitrogens with one attached hydrogen (secondary N) is 1. The standard InChI is InChI=1S/C15H18N4O/c1-10-6-7-17-19(10)9-14(20)18-13-8-11-4-2-3-5-12(11)15(13)16/h2-7,13,15H,8-9,16H2,1H3,(H,18,20)/t13-,15-/m1/s1. The van der Waals surface area contributed by atoms with Crippen molar-refractivity contribution in [3.63, 3.8) is 0 Å². The minimum Gasteiger partial charge on any atom is -0.350 e. The zero-order chi connectivity index (χ0) is 14.1. The highest BCUT2D eigenvalue weighted by molar-refractivity contribution is 5.76. The van der Waals surface area contributed by atoms with Gasteiger partial charge in [0.2, 0.25) is 5.91 Å². The Morgan fingerprint density at radius 1 is 1.45 bits per heavy atom. The molecule has 104 valence electrons. The third-order valence-electron chi connectivity index (χ3n) is 3.86. The Bertz CT molecular complexity index is 634. The molecule has 3 rings (SSSR count). The summed E-state index contributed by atoms with van der Waals surface area (Å²) in [5.74, 6) is -0.0509. The van der Waals surface area contributed by atoms with E-state index in [9.17, 15) is 4.79 Å². The summed E-state index contributed by atoms with van der Waals surface area (Å²) in [5, 5.41) is 7.13. The van der Waals surface area contributed by atoms with Gasteiger partial charge in [-0.15, -0.1) is 0 Å². The smallest absolute Gasteiger partial charge is 0.242 e. The van der Waals surface area contributed by atoms with E-state index in [0.29, 0.717) is 0 Å². The van der Waals surface area contributed by atoms with Gasteiger partial charge in [-0.1, -0.05) is 24.3 Å². The van der Waals surface area contributed by atoms with Crippen LogP contribution in [0.5, 0.6) is 0 Å². The molecule has 1 aliphatic carbocycles. The number of aromatic nitrogens is 2. The Kier molecular flexibility index (Phi) is 3.28. The van der Waals surface area contributed by atoms with Crippen LogP contribution in [0.4, 0.5) is 0 Å². The molecule has 0 fully saturated rings. The molecule has 5 heteroatoms. The quantitative estimate of drug-likeness (QED) is 0.871. The number of carbonyl (C=O) groups excluding carboxylic acids is 1. The van der Waals surface area contributed by atoms with Crippen LogP contribution in [-0.2, 0) is 17.8 Å². The van der Waals surface area contributed by atoms with Gasteiger partial charge in [0.1, 0.15) is 6.54 Å². The van der Waals surface area contributed by atoms with Crippen molar-refractivity contribution >= 4 is 5.91 Å². The van der Waals surface area contributed by atoms with Crippen LogP contribution in [0.1, 0.15) is 22.9 Å². The third kappa shape index (κ3) is 2.32. The number of nitrogens with zero attached hydrogens (tertiary/aromatic N) is 2. The molecule has 3 N–H and O–H groups in total. The average Bonchev–Trinajstić information content (AvgIpc) is 2.96. The van der Waals surface area contributed by atoms with E-state index in [-0.39, 0.29) is 24.5 Å². The molecule has 1 aromatic heterocycles. The highest BCUT2D eigenvalue weighted by Crippen LogP contribution is 2.29. The van der Waals surface area contributed by atoms with Crippen molar-refractivity contribution in [3.05, 3.63) is 53.3 Å². The molecule has 2 aromatic rings. The lowest BCUT2D eigenvalue weighted by atomic mass is 10.1. The van der Waals surface area contributed by atoms with Crippen molar-refractivity contribution in [2.75, 3.05) is 0 Å². The van der Waals surface area contributed by atoms with Gasteiger partial charge in [0.05, 0.1) is 12.1 Å². The molecule has 1 heterocycles. The number of fused-ring (bicyclic) bond motifs is 1. The van der Waals surface area contributed by atoms with E-state index < -0.39 is 0 Å². The molecule has 1 aliphatic rings. The summed E-state index contributed by atoms with van der Waals surface area (Å²) in [5.41, 5.74) is 9.53. The minimum atomic E-state index is -0.131. The summed E-state index contributed by atoms with van der Waals surface area (Å²) < 4.78 is 1.68. The van der Waals surface area contributed by atoms with Gasteiger partial charge in [-0.2, -0.15) is 5.10 Å². The van der Waals surface area contributed by atoms with E-state index in [1.165, 1.54) is 5.56 Å². The molecule has 20 heavy (non-hydrogen) atoms. The fraction of sp³-hybridized carbons (Fsp3) is 0.333. The van der Waals surface area contributed by atoms with Gasteiger partial charge in [0.15, 0.2) is 0 Å². The second-order valence-corrected chi connectivity index (χ2v) is 5.23. The second kappa shape index (κ2) is 5.09. The van der Waals surface area contributed by atoms with Crippen LogP contribution in [0, 0.1) is 6.92 Å². The Labute approximate surface area is 117 Å². The lowest BCUT2D eigenvalue weighted by Gasteiger charge is -2.18. The van der Waals surface area contributed by atoms with E-state index in [1.54, 1.807) is 10.9 Å². The van der Waals surface area contributed by atoms with E-state index in [0.717, 1.165) is 17.7 Å². The number of amides is 1. The largest absolute Gasteiger partial charge is 0.350 e. The summed E-state index contributed by atoms with van der Waals surface area (Å²) >= 11 is 0. The maximum Gasteiger partial charge on any atom is 0.242 e. The molecule has 0 spiro atoms. The first-order valence-corrected chi connectivity index (χ1v) is 6.76. The molecule has 0 bridgehead atoms. The Morgan fingerprint density at radius 3 is 2.95 bits per heavy atom. The lowest BCUT2D eigenvalue weighted by molar-refractivity contribution is -0.122. The first-order chi connectivity index (χ1) is 9.65. The molecule has 5 nitrogen and oxygen atoms in total. The minimum absolute atomic E-state index is 0.0317. The molecule has 0 saturated heterocycles. The van der Waals surface area contributed by atoms with Crippen LogP contribution >= 0.6 is 0 Å². The number of nitrogens with two attached hydrogens (primary N) is 1. The van der Waals surface area contributed by atoms with Crippen molar-refractivity contribution in [2.24, 2.45) is 5.73 Å². The highest BCUT2D eigenvalue weighted by atomic mass is 16.2. The second-order valence-electron chi connectivity index (χ2n) is 5.23. The van der Waals surface area contributed by atoms with Crippen LogP contribution in [0.15, 0.2) is 36.5 Å². The van der Waals surface area contributed by atoms with Crippen molar-refractivity contribution in [1.82, 2.24) is 15.1 Å². The van der Waals surface area contributed by atoms with Gasteiger partial charge in [0, 0.05) is 11.9 Å². The Hall–Kier alpha value is -2.14. The maximum absolute atomic E-state index is 12.1. The van der Waals surface area contributed by atoms with Gasteiger partial charge < -0.3 is 11.1 Å². The molecular weight excluding hydrogens is 252 g/mol. The normalized spacial score (nSPS) is 20.7. The molecule has 2 atom stereocenters. The molecule has 1 aromatic carbocycles. The van der Waals surface area contributed by atoms with Crippen molar-refractivity contribution < 1.29 is 4.79 Å². The fourth-order valence-corrected chi connectivity index (χ4v) is 2.72. The SMILES string of the molecule is Cc1ccnn1CC(=O)N[C@@H]1Cc2ccccc2[C@H]1N. The van der Waals surface area contributed by atoms with E-state index in [4.69, 9.17) is 5.73 Å². The van der Waals surface area contributed by atoms with E-state index >= 15 is 0 Å². The van der Waals surface area contributed by atoms with Gasteiger partial charge in [-0.05, 0) is 30.5 Å². The Morgan fingerprint density at radius 2 is 2.25 bits per heavy atom. The third-order valence-corrected chi connectivity index (χ3v) is 3.86. The zero-order valence-electron chi connectivity index (χ0n) is 11.4. The Balaban J connectivity index is 1.65. The predicted molar refractivity (Wildman–Crippen MR) is 76.0 cm³/mol. The summed E-state index contributed by atoms with van der Waals surface area (Å²) in [4.78, 5) is 12.1. The molecule has 1 amide bonds. The van der Waals surface area contributed by atoms with Gasteiger partial charge in [-0.3, -0.25) is 9.48 Å². The van der Waals surface area contributed by atoms with Crippen LogP contribution in [0.2, 0.25) is 0 Å². The maximum atomic E-state index is 12.1. The van der Waals surface area contributed by atoms with Crippen molar-refractivity contribution in [1.29, 1.82) is 0 Å². The summed E-state index contributed by atoms with van der Waals surface area (Å²) in [7, 11) is 0. The molecule has 0 unspecified atom stereocenters.